The van der Waals surface area contributed by atoms with E-state index in [1.54, 1.807) is 0 Å². The molecule has 6 nitrogen and oxygen atoms in total. The lowest BCUT2D eigenvalue weighted by Crippen LogP contribution is -2.40. The van der Waals surface area contributed by atoms with Crippen LogP contribution in [0.1, 0.15) is 136 Å². The maximum atomic E-state index is 12.0. The highest BCUT2D eigenvalue weighted by molar-refractivity contribution is 5.83. The first-order valence-corrected chi connectivity index (χ1v) is 13.3. The van der Waals surface area contributed by atoms with E-state index in [9.17, 15) is 19.5 Å². The molecule has 0 aromatic heterocycles. The molecule has 0 aliphatic heterocycles. The Balaban J connectivity index is 3.69. The number of nitrogens with one attached hydrogen (secondary N) is 2. The number of unbranched alkanes of at least 4 members (excludes halogenated alkanes) is 13. The number of carboxylic acids is 1. The maximum absolute atomic E-state index is 12.0. The van der Waals surface area contributed by atoms with Crippen LogP contribution >= 0.6 is 0 Å². The Hall–Kier alpha value is -1.59. The Morgan fingerprint density at radius 1 is 0.625 bits per heavy atom. The van der Waals surface area contributed by atoms with Crippen molar-refractivity contribution < 1.29 is 19.5 Å². The van der Waals surface area contributed by atoms with Crippen molar-refractivity contribution in [2.75, 3.05) is 6.54 Å². The molecule has 2 amide bonds. The van der Waals surface area contributed by atoms with Gasteiger partial charge in [-0.2, -0.15) is 0 Å². The summed E-state index contributed by atoms with van der Waals surface area (Å²) in [5.74, 6) is -1.08. The van der Waals surface area contributed by atoms with Crippen LogP contribution in [0.25, 0.3) is 0 Å². The summed E-state index contributed by atoms with van der Waals surface area (Å²) in [4.78, 5) is 35.3. The number of rotatable bonds is 23. The molecule has 0 radical (unpaired) electrons. The molecule has 0 spiro atoms. The molecule has 32 heavy (non-hydrogen) atoms. The summed E-state index contributed by atoms with van der Waals surface area (Å²) in [6.07, 6.45) is 19.1. The number of carbonyl (C=O) groups is 3. The number of amides is 2. The van der Waals surface area contributed by atoms with Gasteiger partial charge in [-0.05, 0) is 32.1 Å². The Morgan fingerprint density at radius 3 is 1.59 bits per heavy atom. The van der Waals surface area contributed by atoms with Gasteiger partial charge in [0.1, 0.15) is 6.04 Å². The normalized spacial score (nSPS) is 11.8. The second kappa shape index (κ2) is 22.6. The number of aliphatic carboxylic acids is 1. The van der Waals surface area contributed by atoms with E-state index in [1.165, 1.54) is 51.4 Å². The molecule has 0 bridgehead atoms. The van der Waals surface area contributed by atoms with Gasteiger partial charge in [0.15, 0.2) is 0 Å². The third kappa shape index (κ3) is 20.3. The third-order valence-corrected chi connectivity index (χ3v) is 5.89. The average molecular weight is 455 g/mol. The van der Waals surface area contributed by atoms with Crippen LogP contribution in [0.15, 0.2) is 0 Å². The fourth-order valence-electron chi connectivity index (χ4n) is 3.80. The van der Waals surface area contributed by atoms with Crippen molar-refractivity contribution in [1.82, 2.24) is 10.6 Å². The molecule has 0 rings (SSSR count). The van der Waals surface area contributed by atoms with Gasteiger partial charge in [0.2, 0.25) is 11.8 Å². The Kier molecular flexibility index (Phi) is 21.5. The van der Waals surface area contributed by atoms with E-state index >= 15 is 0 Å². The van der Waals surface area contributed by atoms with Crippen molar-refractivity contribution in [1.29, 1.82) is 0 Å². The van der Waals surface area contributed by atoms with Crippen LogP contribution in [0.4, 0.5) is 0 Å². The van der Waals surface area contributed by atoms with Crippen molar-refractivity contribution in [2.24, 2.45) is 0 Å². The zero-order chi connectivity index (χ0) is 23.9. The highest BCUT2D eigenvalue weighted by Gasteiger charge is 2.19. The van der Waals surface area contributed by atoms with Gasteiger partial charge >= 0.3 is 5.97 Å². The van der Waals surface area contributed by atoms with Crippen molar-refractivity contribution >= 4 is 17.8 Å². The number of carbonyl (C=O) groups excluding carboxylic acids is 2. The third-order valence-electron chi connectivity index (χ3n) is 5.89. The molecule has 0 fully saturated rings. The fraction of sp³-hybridized carbons (Fsp3) is 0.885. The van der Waals surface area contributed by atoms with E-state index in [0.717, 1.165) is 44.9 Å². The molecule has 188 valence electrons. The van der Waals surface area contributed by atoms with Crippen molar-refractivity contribution in [3.05, 3.63) is 0 Å². The van der Waals surface area contributed by atoms with Gasteiger partial charge < -0.3 is 15.7 Å². The second-order valence-electron chi connectivity index (χ2n) is 9.05. The fourth-order valence-corrected chi connectivity index (χ4v) is 3.80. The Bertz CT molecular complexity index is 482. The minimum absolute atomic E-state index is 0.0825. The molecule has 0 aliphatic carbocycles. The predicted molar refractivity (Wildman–Crippen MR) is 132 cm³/mol. The molecule has 0 heterocycles. The first kappa shape index (κ1) is 30.4. The van der Waals surface area contributed by atoms with Gasteiger partial charge in [-0.3, -0.25) is 9.59 Å². The van der Waals surface area contributed by atoms with Crippen LogP contribution in [0.5, 0.6) is 0 Å². The Labute approximate surface area is 196 Å². The van der Waals surface area contributed by atoms with Crippen LogP contribution in [0.2, 0.25) is 0 Å². The standard InChI is InChI=1S/C26H50N2O4/c1-3-5-7-9-10-11-12-14-15-20-24(29)27-22-18-17-19-23(26(31)32)28-25(30)21-16-13-8-6-4-2/h23H,3-22H2,1-2H3,(H,27,29)(H,28,30)(H,31,32)/t23-/m0/s1. The highest BCUT2D eigenvalue weighted by atomic mass is 16.4. The molecule has 0 saturated carbocycles. The zero-order valence-corrected chi connectivity index (χ0v) is 20.9. The number of hydrogen-bond acceptors (Lipinski definition) is 3. The van der Waals surface area contributed by atoms with Gasteiger partial charge in [0.05, 0.1) is 0 Å². The molecule has 0 aromatic rings. The quantitative estimate of drug-likeness (QED) is 0.162. The molecule has 6 heteroatoms. The smallest absolute Gasteiger partial charge is 0.326 e. The molecule has 0 aromatic carbocycles. The van der Waals surface area contributed by atoms with E-state index < -0.39 is 12.0 Å². The summed E-state index contributed by atoms with van der Waals surface area (Å²) < 4.78 is 0. The van der Waals surface area contributed by atoms with E-state index in [-0.39, 0.29) is 11.8 Å². The average Bonchev–Trinajstić information content (AvgIpc) is 2.76. The minimum atomic E-state index is -0.987. The monoisotopic (exact) mass is 454 g/mol. The van der Waals surface area contributed by atoms with Crippen molar-refractivity contribution in [2.45, 2.75) is 142 Å². The summed E-state index contributed by atoms with van der Waals surface area (Å²) in [5.41, 5.74) is 0. The topological polar surface area (TPSA) is 95.5 Å². The minimum Gasteiger partial charge on any atom is -0.480 e. The zero-order valence-electron chi connectivity index (χ0n) is 20.9. The van der Waals surface area contributed by atoms with Crippen molar-refractivity contribution in [3.8, 4) is 0 Å². The largest absolute Gasteiger partial charge is 0.480 e. The molecule has 0 aliphatic rings. The molecular formula is C26H50N2O4. The van der Waals surface area contributed by atoms with Gasteiger partial charge in [0, 0.05) is 19.4 Å². The molecule has 3 N–H and O–H groups in total. The Morgan fingerprint density at radius 2 is 1.09 bits per heavy atom. The van der Waals surface area contributed by atoms with Crippen LogP contribution in [-0.2, 0) is 14.4 Å². The SMILES string of the molecule is CCCCCCCCCCCC(=O)NCCCC[C@H](NC(=O)CCCCCCC)C(=O)O. The van der Waals surface area contributed by atoms with E-state index in [2.05, 4.69) is 24.5 Å². The summed E-state index contributed by atoms with van der Waals surface area (Å²) in [6, 6.07) is -0.837. The number of carboxylic acid groups (broad SMARTS) is 1. The van der Waals surface area contributed by atoms with Gasteiger partial charge in [-0.15, -0.1) is 0 Å². The predicted octanol–water partition coefficient (Wildman–Crippen LogP) is 6.12. The van der Waals surface area contributed by atoms with E-state index in [0.29, 0.717) is 32.2 Å². The molecule has 0 unspecified atom stereocenters. The summed E-state index contributed by atoms with van der Waals surface area (Å²) in [7, 11) is 0. The molecule has 0 saturated heterocycles. The highest BCUT2D eigenvalue weighted by Crippen LogP contribution is 2.10. The van der Waals surface area contributed by atoms with Gasteiger partial charge in [-0.1, -0.05) is 90.9 Å². The lowest BCUT2D eigenvalue weighted by molar-refractivity contribution is -0.142. The summed E-state index contributed by atoms with van der Waals surface area (Å²) in [5, 5.41) is 14.9. The van der Waals surface area contributed by atoms with Crippen LogP contribution < -0.4 is 10.6 Å². The number of hydrogen-bond donors (Lipinski definition) is 3. The first-order chi connectivity index (χ1) is 15.5. The molecule has 1 atom stereocenters. The lowest BCUT2D eigenvalue weighted by atomic mass is 10.1. The van der Waals surface area contributed by atoms with Gasteiger partial charge in [-0.25, -0.2) is 4.79 Å². The first-order valence-electron chi connectivity index (χ1n) is 13.3. The second-order valence-corrected chi connectivity index (χ2v) is 9.05. The van der Waals surface area contributed by atoms with E-state index in [1.807, 2.05) is 0 Å². The van der Waals surface area contributed by atoms with Gasteiger partial charge in [0.25, 0.3) is 0 Å². The van der Waals surface area contributed by atoms with Crippen LogP contribution in [0, 0.1) is 0 Å². The molecular weight excluding hydrogens is 404 g/mol. The van der Waals surface area contributed by atoms with Crippen molar-refractivity contribution in [3.63, 3.8) is 0 Å². The van der Waals surface area contributed by atoms with Crippen LogP contribution in [0.3, 0.4) is 0 Å². The summed E-state index contributed by atoms with van der Waals surface area (Å²) in [6.45, 7) is 4.94. The maximum Gasteiger partial charge on any atom is 0.326 e. The summed E-state index contributed by atoms with van der Waals surface area (Å²) >= 11 is 0. The van der Waals surface area contributed by atoms with E-state index in [4.69, 9.17) is 0 Å². The van der Waals surface area contributed by atoms with Crippen LogP contribution in [-0.4, -0.2) is 35.5 Å². The lowest BCUT2D eigenvalue weighted by Gasteiger charge is -2.14.